The maximum absolute atomic E-state index is 12.3. The fourth-order valence-electron chi connectivity index (χ4n) is 3.96. The zero-order valence-corrected chi connectivity index (χ0v) is 25.6. The van der Waals surface area contributed by atoms with Gasteiger partial charge in [-0.05, 0) is 58.6 Å². The number of carbonyl (C=O) groups excluding carboxylic acids is 1. The number of carbonyl (C=O) groups is 3. The Labute approximate surface area is 252 Å². The van der Waals surface area contributed by atoms with Gasteiger partial charge < -0.3 is 30.3 Å². The number of aliphatic imine (C=N–C) groups is 2. The van der Waals surface area contributed by atoms with Crippen molar-refractivity contribution in [3.63, 3.8) is 0 Å². The van der Waals surface area contributed by atoms with Crippen LogP contribution < -0.4 is 15.3 Å². The monoisotopic (exact) mass is 614 g/mol. The molecular weight excluding hydrogens is 575 g/mol. The second kappa shape index (κ2) is 20.2. The van der Waals surface area contributed by atoms with Crippen molar-refractivity contribution in [3.8, 4) is 11.5 Å². The molecule has 1 saturated carbocycles. The fourth-order valence-corrected chi connectivity index (χ4v) is 3.96. The smallest absolute Gasteiger partial charge is 0.872 e. The first-order chi connectivity index (χ1) is 18.5. The first-order valence-electron chi connectivity index (χ1n) is 12.7. The van der Waals surface area contributed by atoms with Gasteiger partial charge in [0.25, 0.3) is 11.9 Å². The first-order valence-corrected chi connectivity index (χ1v) is 12.7. The molecule has 3 rings (SSSR count). The van der Waals surface area contributed by atoms with Gasteiger partial charge in [-0.25, -0.2) is 0 Å². The van der Waals surface area contributed by atoms with Crippen LogP contribution in [0.2, 0.25) is 0 Å². The predicted octanol–water partition coefficient (Wildman–Crippen LogP) is 2.85. The van der Waals surface area contributed by atoms with Crippen molar-refractivity contribution in [2.45, 2.75) is 86.2 Å². The molecule has 0 amide bonds. The van der Waals surface area contributed by atoms with Crippen molar-refractivity contribution in [1.29, 1.82) is 0 Å². The Morgan fingerprint density at radius 2 is 1.00 bits per heavy atom. The molecule has 10 nitrogen and oxygen atoms in total. The Morgan fingerprint density at radius 3 is 1.27 bits per heavy atom. The summed E-state index contributed by atoms with van der Waals surface area (Å²) in [7, 11) is 0. The number of aliphatic carboxylic acids is 3. The maximum atomic E-state index is 12.3. The summed E-state index contributed by atoms with van der Waals surface area (Å²) >= 11 is 0. The van der Waals surface area contributed by atoms with Gasteiger partial charge in [-0.15, -0.1) is 0 Å². The van der Waals surface area contributed by atoms with Gasteiger partial charge >= 0.3 is 16.8 Å². The summed E-state index contributed by atoms with van der Waals surface area (Å²) in [6.07, 6.45) is 7.57. The van der Waals surface area contributed by atoms with E-state index in [4.69, 9.17) is 39.7 Å². The number of carboxylic acids is 3. The molecule has 2 aromatic carbocycles. The molecule has 0 bridgehead atoms. The van der Waals surface area contributed by atoms with Gasteiger partial charge in [0, 0.05) is 32.2 Å². The molecule has 11 heteroatoms. The molecule has 0 saturated heterocycles. The number of hydrogen-bond acceptors (Lipinski definition) is 8. The zero-order chi connectivity index (χ0) is 31.0. The van der Waals surface area contributed by atoms with Crippen molar-refractivity contribution < 1.29 is 56.7 Å². The average molecular weight is 615 g/mol. The summed E-state index contributed by atoms with van der Waals surface area (Å²) in [5.74, 6) is -2.67. The molecule has 2 N–H and O–H groups in total. The Bertz CT molecular complexity index is 1100. The SMILES string of the molecule is CC(=O)O.CC(=O)O.CC(=O)[O-].Cc1cc(C)c([O-])c(C=N[C@H]2CCCC[C@@H]2N=Cc2cc(C)cc(C)c2[O-])c1.[Co+3]. The molecule has 2 atom stereocenters. The minimum atomic E-state index is -1.08. The van der Waals surface area contributed by atoms with E-state index in [1.165, 1.54) is 0 Å². The summed E-state index contributed by atoms with van der Waals surface area (Å²) in [4.78, 5) is 36.4. The molecule has 1 aliphatic rings. The van der Waals surface area contributed by atoms with Crippen LogP contribution in [0.1, 0.15) is 79.8 Å². The second-order valence-electron chi connectivity index (χ2n) is 9.51. The minimum absolute atomic E-state index is 0. The Morgan fingerprint density at radius 1 is 0.732 bits per heavy atom. The molecule has 1 aliphatic carbocycles. The van der Waals surface area contributed by atoms with E-state index in [2.05, 4.69) is 0 Å². The minimum Gasteiger partial charge on any atom is -0.872 e. The standard InChI is InChI=1S/C24H30N2O2.3C2H4O2.Co/c1-15-9-17(3)23(27)19(11-15)13-25-21-7-5-6-8-22(21)26-14-20-12-16(2)10-18(4)24(20)28;3*1-2(3)4;/h9-14,21-22,27-28H,5-8H2,1-4H3;3*1H3,(H,3,4);/q;;;;+3/p-3/t21-,22-;;;;/m0..../s1. The van der Waals surface area contributed by atoms with Gasteiger partial charge in [-0.2, -0.15) is 0 Å². The summed E-state index contributed by atoms with van der Waals surface area (Å²) in [5.41, 5.74) is 4.91. The van der Waals surface area contributed by atoms with Crippen molar-refractivity contribution in [3.05, 3.63) is 57.6 Å². The molecule has 0 spiro atoms. The average Bonchev–Trinajstić information content (AvgIpc) is 2.81. The van der Waals surface area contributed by atoms with E-state index in [9.17, 15) is 10.2 Å². The number of nitrogens with zero attached hydrogens (tertiary/aromatic N) is 2. The van der Waals surface area contributed by atoms with Crippen LogP contribution in [0, 0.1) is 27.7 Å². The van der Waals surface area contributed by atoms with E-state index in [1.54, 1.807) is 12.4 Å². The van der Waals surface area contributed by atoms with Crippen LogP contribution in [-0.2, 0) is 31.2 Å². The molecule has 41 heavy (non-hydrogen) atoms. The van der Waals surface area contributed by atoms with E-state index in [0.717, 1.165) is 68.7 Å². The van der Waals surface area contributed by atoms with Gasteiger partial charge in [0.15, 0.2) is 0 Å². The zero-order valence-electron chi connectivity index (χ0n) is 24.5. The van der Waals surface area contributed by atoms with Crippen LogP contribution in [0.4, 0.5) is 0 Å². The molecule has 2 aromatic rings. The Hall–Kier alpha value is -3.70. The predicted molar refractivity (Wildman–Crippen MR) is 149 cm³/mol. The van der Waals surface area contributed by atoms with Gasteiger partial charge in [0.2, 0.25) is 0 Å². The van der Waals surface area contributed by atoms with Gasteiger partial charge in [-0.1, -0.05) is 70.9 Å². The van der Waals surface area contributed by atoms with E-state index in [-0.39, 0.29) is 40.4 Å². The third kappa shape index (κ3) is 17.6. The van der Waals surface area contributed by atoms with Gasteiger partial charge in [-0.3, -0.25) is 19.6 Å². The van der Waals surface area contributed by atoms with Crippen LogP contribution in [-0.4, -0.2) is 52.6 Å². The third-order valence-corrected chi connectivity index (χ3v) is 5.40. The van der Waals surface area contributed by atoms with Crippen LogP contribution in [0.5, 0.6) is 11.5 Å². The molecule has 0 unspecified atom stereocenters. The van der Waals surface area contributed by atoms with Crippen LogP contribution >= 0.6 is 0 Å². The van der Waals surface area contributed by atoms with E-state index in [1.807, 2.05) is 52.0 Å². The molecule has 226 valence electrons. The van der Waals surface area contributed by atoms with Crippen LogP contribution in [0.15, 0.2) is 34.3 Å². The molecule has 0 radical (unpaired) electrons. The summed E-state index contributed by atoms with van der Waals surface area (Å²) in [5, 5.41) is 48.4. The molecular formula is C30H39CoN2O8. The number of rotatable bonds is 4. The molecule has 0 aliphatic heterocycles. The van der Waals surface area contributed by atoms with E-state index < -0.39 is 17.9 Å². The summed E-state index contributed by atoms with van der Waals surface area (Å²) < 4.78 is 0. The summed E-state index contributed by atoms with van der Waals surface area (Å²) in [6, 6.07) is 7.67. The van der Waals surface area contributed by atoms with Crippen molar-refractivity contribution in [2.24, 2.45) is 9.98 Å². The maximum Gasteiger partial charge on any atom is 3.00 e. The largest absolute Gasteiger partial charge is 3.00 e. The number of hydrogen-bond donors (Lipinski definition) is 2. The number of aryl methyl sites for hydroxylation is 4. The number of benzene rings is 2. The van der Waals surface area contributed by atoms with Gasteiger partial charge in [0.05, 0.1) is 12.1 Å². The quantitative estimate of drug-likeness (QED) is 0.492. The van der Waals surface area contributed by atoms with Crippen molar-refractivity contribution in [2.75, 3.05) is 0 Å². The van der Waals surface area contributed by atoms with Crippen LogP contribution in [0.3, 0.4) is 0 Å². The van der Waals surface area contributed by atoms with E-state index >= 15 is 0 Å². The molecule has 0 heterocycles. The third-order valence-electron chi connectivity index (χ3n) is 5.40. The topological polar surface area (TPSA) is 186 Å². The van der Waals surface area contributed by atoms with E-state index in [0.29, 0.717) is 11.1 Å². The normalized spacial score (nSPS) is 15.7. The first kappa shape index (κ1) is 39.4. The Balaban J connectivity index is 0. The number of carboxylic acid groups (broad SMARTS) is 3. The molecule has 1 fully saturated rings. The second-order valence-corrected chi connectivity index (χ2v) is 9.51. The molecule has 0 aromatic heterocycles. The summed E-state index contributed by atoms with van der Waals surface area (Å²) in [6.45, 7) is 10.8. The van der Waals surface area contributed by atoms with Crippen molar-refractivity contribution in [1.82, 2.24) is 0 Å². The Kier molecular flexibility index (Phi) is 19.4. The van der Waals surface area contributed by atoms with Crippen LogP contribution in [0.25, 0.3) is 0 Å². The van der Waals surface area contributed by atoms with Gasteiger partial charge in [0.1, 0.15) is 0 Å². The fraction of sp³-hybridized carbons (Fsp3) is 0.433. The van der Waals surface area contributed by atoms with Crippen molar-refractivity contribution >= 4 is 30.3 Å².